The van der Waals surface area contributed by atoms with Crippen LogP contribution >= 0.6 is 0 Å². The first kappa shape index (κ1) is 14.8. The summed E-state index contributed by atoms with van der Waals surface area (Å²) < 4.78 is 15.4. The lowest BCUT2D eigenvalue weighted by molar-refractivity contribution is 0.547. The Kier molecular flexibility index (Phi) is 3.49. The first-order valence-electron chi connectivity index (χ1n) is 8.08. The molecule has 0 radical (unpaired) electrons. The summed E-state index contributed by atoms with van der Waals surface area (Å²) in [6.07, 6.45) is 0.939. The maximum absolute atomic E-state index is 13.3. The van der Waals surface area contributed by atoms with E-state index in [1.165, 1.54) is 12.1 Å². The molecule has 2 aromatic heterocycles. The Bertz CT molecular complexity index is 1020. The van der Waals surface area contributed by atoms with Crippen molar-refractivity contribution in [3.8, 4) is 11.4 Å². The summed E-state index contributed by atoms with van der Waals surface area (Å²) in [5, 5.41) is 0. The molecule has 1 unspecified atom stereocenters. The molecule has 120 valence electrons. The minimum absolute atomic E-state index is 0.213. The third-order valence-electron chi connectivity index (χ3n) is 4.34. The molecular formula is C19H17FN4. The number of fused-ring (bicyclic) bond motifs is 2. The quantitative estimate of drug-likeness (QED) is 0.547. The van der Waals surface area contributed by atoms with Gasteiger partial charge in [0, 0.05) is 11.6 Å². The van der Waals surface area contributed by atoms with Gasteiger partial charge < -0.3 is 4.57 Å². The lowest BCUT2D eigenvalue weighted by atomic mass is 10.2. The van der Waals surface area contributed by atoms with Gasteiger partial charge in [0.15, 0.2) is 11.3 Å². The molecule has 4 aromatic rings. The lowest BCUT2D eigenvalue weighted by Gasteiger charge is -2.15. The zero-order valence-electron chi connectivity index (χ0n) is 13.6. The number of halogens is 1. The SMILES string of the molecule is CCC(C)n1c(-c2ccc(F)cc2)nc2nc3ccccc3nc21. The fourth-order valence-corrected chi connectivity index (χ4v) is 2.88. The van der Waals surface area contributed by atoms with E-state index in [0.717, 1.165) is 34.5 Å². The van der Waals surface area contributed by atoms with Crippen LogP contribution in [0, 0.1) is 5.82 Å². The topological polar surface area (TPSA) is 43.6 Å². The molecule has 0 amide bonds. The molecule has 0 fully saturated rings. The molecule has 0 aliphatic heterocycles. The average Bonchev–Trinajstić information content (AvgIpc) is 2.98. The van der Waals surface area contributed by atoms with Gasteiger partial charge >= 0.3 is 0 Å². The van der Waals surface area contributed by atoms with Gasteiger partial charge in [-0.2, -0.15) is 0 Å². The van der Waals surface area contributed by atoms with E-state index in [-0.39, 0.29) is 11.9 Å². The fourth-order valence-electron chi connectivity index (χ4n) is 2.88. The minimum Gasteiger partial charge on any atom is -0.304 e. The van der Waals surface area contributed by atoms with Crippen LogP contribution in [0.1, 0.15) is 26.3 Å². The Balaban J connectivity index is 2.04. The molecule has 0 N–H and O–H groups in total. The van der Waals surface area contributed by atoms with Crippen molar-refractivity contribution in [2.24, 2.45) is 0 Å². The molecular weight excluding hydrogens is 303 g/mol. The first-order chi connectivity index (χ1) is 11.7. The summed E-state index contributed by atoms with van der Waals surface area (Å²) in [7, 11) is 0. The van der Waals surface area contributed by atoms with Crippen LogP contribution in [0.4, 0.5) is 4.39 Å². The van der Waals surface area contributed by atoms with Crippen molar-refractivity contribution >= 4 is 22.3 Å². The minimum atomic E-state index is -0.257. The molecule has 0 aliphatic carbocycles. The Morgan fingerprint density at radius 2 is 1.62 bits per heavy atom. The third kappa shape index (κ3) is 2.33. The van der Waals surface area contributed by atoms with Gasteiger partial charge in [0.05, 0.1) is 11.0 Å². The molecule has 5 heteroatoms. The second kappa shape index (κ2) is 5.67. The molecule has 4 rings (SSSR count). The lowest BCUT2D eigenvalue weighted by Crippen LogP contribution is -2.07. The Labute approximate surface area is 139 Å². The van der Waals surface area contributed by atoms with Crippen LogP contribution in [0.25, 0.3) is 33.7 Å². The Morgan fingerprint density at radius 3 is 2.29 bits per heavy atom. The molecule has 4 nitrogen and oxygen atoms in total. The fraction of sp³-hybridized carbons (Fsp3) is 0.211. The van der Waals surface area contributed by atoms with Crippen molar-refractivity contribution in [3.63, 3.8) is 0 Å². The Morgan fingerprint density at radius 1 is 0.958 bits per heavy atom. The van der Waals surface area contributed by atoms with E-state index >= 15 is 0 Å². The van der Waals surface area contributed by atoms with Crippen molar-refractivity contribution in [3.05, 3.63) is 54.3 Å². The summed E-state index contributed by atoms with van der Waals surface area (Å²) in [5.41, 5.74) is 3.92. The molecule has 2 aromatic carbocycles. The first-order valence-corrected chi connectivity index (χ1v) is 8.08. The van der Waals surface area contributed by atoms with Crippen LogP contribution in [-0.4, -0.2) is 19.5 Å². The van der Waals surface area contributed by atoms with Crippen LogP contribution in [-0.2, 0) is 0 Å². The van der Waals surface area contributed by atoms with Crippen LogP contribution in [0.15, 0.2) is 48.5 Å². The number of benzene rings is 2. The van der Waals surface area contributed by atoms with E-state index in [2.05, 4.69) is 23.4 Å². The zero-order chi connectivity index (χ0) is 16.7. The number of hydrogen-bond acceptors (Lipinski definition) is 3. The van der Waals surface area contributed by atoms with Gasteiger partial charge in [0.2, 0.25) is 0 Å². The second-order valence-electron chi connectivity index (χ2n) is 5.93. The van der Waals surface area contributed by atoms with Crippen molar-refractivity contribution < 1.29 is 4.39 Å². The number of nitrogens with zero attached hydrogens (tertiary/aromatic N) is 4. The summed E-state index contributed by atoms with van der Waals surface area (Å²) in [4.78, 5) is 14.1. The van der Waals surface area contributed by atoms with Crippen molar-refractivity contribution in [1.82, 2.24) is 19.5 Å². The van der Waals surface area contributed by atoms with Crippen LogP contribution < -0.4 is 0 Å². The van der Waals surface area contributed by atoms with Crippen LogP contribution in [0.3, 0.4) is 0 Å². The number of hydrogen-bond donors (Lipinski definition) is 0. The largest absolute Gasteiger partial charge is 0.304 e. The second-order valence-corrected chi connectivity index (χ2v) is 5.93. The van der Waals surface area contributed by atoms with Gasteiger partial charge in [-0.1, -0.05) is 19.1 Å². The molecule has 0 spiro atoms. The van der Waals surface area contributed by atoms with Gasteiger partial charge in [-0.25, -0.2) is 19.3 Å². The normalized spacial score (nSPS) is 12.8. The molecule has 0 saturated heterocycles. The van der Waals surface area contributed by atoms with E-state index in [1.54, 1.807) is 12.1 Å². The smallest absolute Gasteiger partial charge is 0.198 e. The maximum Gasteiger partial charge on any atom is 0.198 e. The van der Waals surface area contributed by atoms with Gasteiger partial charge in [0.1, 0.15) is 11.6 Å². The third-order valence-corrected chi connectivity index (χ3v) is 4.34. The molecule has 0 aliphatic rings. The van der Waals surface area contributed by atoms with E-state index in [1.807, 2.05) is 24.3 Å². The number of imidazole rings is 1. The standard InChI is InChI=1S/C19H17FN4/c1-3-12(2)24-18(13-8-10-14(20)11-9-13)23-17-19(24)22-16-7-5-4-6-15(16)21-17/h4-12H,3H2,1-2H3. The van der Waals surface area contributed by atoms with Crippen LogP contribution in [0.2, 0.25) is 0 Å². The summed E-state index contributed by atoms with van der Waals surface area (Å²) in [6.45, 7) is 4.25. The van der Waals surface area contributed by atoms with E-state index in [4.69, 9.17) is 9.97 Å². The van der Waals surface area contributed by atoms with Crippen LogP contribution in [0.5, 0.6) is 0 Å². The molecule has 0 bridgehead atoms. The van der Waals surface area contributed by atoms with Gasteiger partial charge in [0.25, 0.3) is 0 Å². The summed E-state index contributed by atoms with van der Waals surface area (Å²) >= 11 is 0. The van der Waals surface area contributed by atoms with Gasteiger partial charge in [-0.15, -0.1) is 0 Å². The van der Waals surface area contributed by atoms with Crippen molar-refractivity contribution in [2.75, 3.05) is 0 Å². The molecule has 1 atom stereocenters. The summed E-state index contributed by atoms with van der Waals surface area (Å²) in [6, 6.07) is 14.4. The molecule has 0 saturated carbocycles. The highest BCUT2D eigenvalue weighted by atomic mass is 19.1. The van der Waals surface area contributed by atoms with E-state index in [9.17, 15) is 4.39 Å². The molecule has 2 heterocycles. The number of rotatable bonds is 3. The van der Waals surface area contributed by atoms with Crippen molar-refractivity contribution in [2.45, 2.75) is 26.3 Å². The predicted molar refractivity (Wildman–Crippen MR) is 93.2 cm³/mol. The van der Waals surface area contributed by atoms with Gasteiger partial charge in [-0.05, 0) is 49.7 Å². The number of para-hydroxylation sites is 2. The highest BCUT2D eigenvalue weighted by Gasteiger charge is 2.19. The predicted octanol–water partition coefficient (Wildman–Crippen LogP) is 4.76. The number of aromatic nitrogens is 4. The van der Waals surface area contributed by atoms with Gasteiger partial charge in [-0.3, -0.25) is 0 Å². The maximum atomic E-state index is 13.3. The zero-order valence-corrected chi connectivity index (χ0v) is 13.6. The van der Waals surface area contributed by atoms with Crippen molar-refractivity contribution in [1.29, 1.82) is 0 Å². The summed E-state index contributed by atoms with van der Waals surface area (Å²) in [5.74, 6) is 0.515. The average molecular weight is 320 g/mol. The van der Waals surface area contributed by atoms with E-state index in [0.29, 0.717) is 5.65 Å². The monoisotopic (exact) mass is 320 g/mol. The Hall–Kier alpha value is -2.82. The van der Waals surface area contributed by atoms with E-state index < -0.39 is 0 Å². The highest BCUT2D eigenvalue weighted by Crippen LogP contribution is 2.29. The molecule has 24 heavy (non-hydrogen) atoms. The highest BCUT2D eigenvalue weighted by molar-refractivity contribution is 5.84.